The zero-order valence-corrected chi connectivity index (χ0v) is 14.9. The Morgan fingerprint density at radius 2 is 2.04 bits per heavy atom. The van der Waals surface area contributed by atoms with Gasteiger partial charge in [-0.05, 0) is 39.2 Å². The van der Waals surface area contributed by atoms with Crippen molar-refractivity contribution >= 4 is 17.3 Å². The average Bonchev–Trinajstić information content (AvgIpc) is 2.97. The fourth-order valence-electron chi connectivity index (χ4n) is 3.10. The SMILES string of the molecule is Cc1nc(CNC(=O)c2cc([N+](=O)[O-])ccc2N2CCCCC2)oc1C. The van der Waals surface area contributed by atoms with Crippen molar-refractivity contribution in [3.63, 3.8) is 0 Å². The van der Waals surface area contributed by atoms with Crippen LogP contribution in [0.15, 0.2) is 22.6 Å². The number of aromatic nitrogens is 1. The maximum absolute atomic E-state index is 12.7. The molecule has 0 unspecified atom stereocenters. The van der Waals surface area contributed by atoms with Crippen LogP contribution in [0.4, 0.5) is 11.4 Å². The minimum Gasteiger partial charge on any atom is -0.444 e. The second-order valence-electron chi connectivity index (χ2n) is 6.44. The summed E-state index contributed by atoms with van der Waals surface area (Å²) in [7, 11) is 0. The first kappa shape index (κ1) is 17.9. The zero-order valence-electron chi connectivity index (χ0n) is 14.9. The molecular weight excluding hydrogens is 336 g/mol. The van der Waals surface area contributed by atoms with Crippen LogP contribution in [0, 0.1) is 24.0 Å². The number of carbonyl (C=O) groups excluding carboxylic acids is 1. The van der Waals surface area contributed by atoms with Gasteiger partial charge in [0.05, 0.1) is 28.4 Å². The number of nitro groups is 1. The molecule has 2 heterocycles. The molecule has 3 rings (SSSR count). The minimum atomic E-state index is -0.489. The smallest absolute Gasteiger partial charge is 0.270 e. The Balaban J connectivity index is 1.83. The van der Waals surface area contributed by atoms with E-state index in [1.807, 2.05) is 13.8 Å². The third kappa shape index (κ3) is 3.84. The lowest BCUT2D eigenvalue weighted by molar-refractivity contribution is -0.384. The molecule has 0 aliphatic carbocycles. The molecule has 138 valence electrons. The lowest BCUT2D eigenvalue weighted by Gasteiger charge is -2.30. The second kappa shape index (κ2) is 7.55. The molecule has 1 saturated heterocycles. The highest BCUT2D eigenvalue weighted by molar-refractivity contribution is 6.00. The molecule has 0 spiro atoms. The Labute approximate surface area is 151 Å². The molecule has 0 saturated carbocycles. The molecule has 1 fully saturated rings. The molecule has 1 aliphatic heterocycles. The summed E-state index contributed by atoms with van der Waals surface area (Å²) in [6, 6.07) is 4.45. The summed E-state index contributed by atoms with van der Waals surface area (Å²) in [5.74, 6) is 0.750. The number of nitrogens with zero attached hydrogens (tertiary/aromatic N) is 3. The zero-order chi connectivity index (χ0) is 18.7. The normalized spacial score (nSPS) is 14.3. The van der Waals surface area contributed by atoms with E-state index in [1.165, 1.54) is 12.1 Å². The van der Waals surface area contributed by atoms with Crippen LogP contribution in [0.25, 0.3) is 0 Å². The second-order valence-corrected chi connectivity index (χ2v) is 6.44. The molecule has 1 aromatic heterocycles. The lowest BCUT2D eigenvalue weighted by Crippen LogP contribution is -2.32. The van der Waals surface area contributed by atoms with Gasteiger partial charge in [0, 0.05) is 25.2 Å². The van der Waals surface area contributed by atoms with Gasteiger partial charge in [0.15, 0.2) is 0 Å². The van der Waals surface area contributed by atoms with E-state index in [0.29, 0.717) is 17.2 Å². The molecule has 1 aliphatic rings. The van der Waals surface area contributed by atoms with E-state index in [2.05, 4.69) is 15.2 Å². The van der Waals surface area contributed by atoms with Crippen molar-refractivity contribution in [2.45, 2.75) is 39.7 Å². The Morgan fingerprint density at radius 1 is 1.31 bits per heavy atom. The van der Waals surface area contributed by atoms with Crippen LogP contribution in [0.2, 0.25) is 0 Å². The molecular formula is C18H22N4O4. The number of hydrogen-bond acceptors (Lipinski definition) is 6. The summed E-state index contributed by atoms with van der Waals surface area (Å²) in [6.45, 7) is 5.46. The van der Waals surface area contributed by atoms with Gasteiger partial charge >= 0.3 is 0 Å². The number of carbonyl (C=O) groups is 1. The Kier molecular flexibility index (Phi) is 5.20. The molecule has 26 heavy (non-hydrogen) atoms. The summed E-state index contributed by atoms with van der Waals surface area (Å²) >= 11 is 0. The topological polar surface area (TPSA) is 102 Å². The predicted molar refractivity (Wildman–Crippen MR) is 96.3 cm³/mol. The van der Waals surface area contributed by atoms with Crippen LogP contribution in [0.5, 0.6) is 0 Å². The number of rotatable bonds is 5. The maximum atomic E-state index is 12.7. The van der Waals surface area contributed by atoms with E-state index in [4.69, 9.17) is 4.42 Å². The Bertz CT molecular complexity index is 805. The summed E-state index contributed by atoms with van der Waals surface area (Å²) in [5.41, 5.74) is 1.71. The van der Waals surface area contributed by atoms with Crippen LogP contribution >= 0.6 is 0 Å². The van der Waals surface area contributed by atoms with Gasteiger partial charge in [0.1, 0.15) is 5.76 Å². The van der Waals surface area contributed by atoms with Gasteiger partial charge in [-0.3, -0.25) is 14.9 Å². The number of anilines is 1. The van der Waals surface area contributed by atoms with Gasteiger partial charge in [-0.1, -0.05) is 0 Å². The Hall–Kier alpha value is -2.90. The lowest BCUT2D eigenvalue weighted by atomic mass is 10.1. The number of nitro benzene ring substituents is 1. The number of piperidine rings is 1. The monoisotopic (exact) mass is 358 g/mol. The van der Waals surface area contributed by atoms with E-state index in [9.17, 15) is 14.9 Å². The number of amides is 1. The van der Waals surface area contributed by atoms with Crippen LogP contribution in [-0.2, 0) is 6.54 Å². The number of oxazole rings is 1. The third-order valence-corrected chi connectivity index (χ3v) is 4.61. The molecule has 0 radical (unpaired) electrons. The van der Waals surface area contributed by atoms with Crippen LogP contribution in [-0.4, -0.2) is 28.9 Å². The van der Waals surface area contributed by atoms with E-state index in [1.54, 1.807) is 6.07 Å². The highest BCUT2D eigenvalue weighted by atomic mass is 16.6. The molecule has 1 N–H and O–H groups in total. The summed E-state index contributed by atoms with van der Waals surface area (Å²) < 4.78 is 5.46. The number of hydrogen-bond donors (Lipinski definition) is 1. The van der Waals surface area contributed by atoms with E-state index < -0.39 is 4.92 Å². The van der Waals surface area contributed by atoms with Crippen LogP contribution in [0.3, 0.4) is 0 Å². The van der Waals surface area contributed by atoms with Gasteiger partial charge in [-0.25, -0.2) is 4.98 Å². The first-order valence-corrected chi connectivity index (χ1v) is 8.70. The third-order valence-electron chi connectivity index (χ3n) is 4.61. The quantitative estimate of drug-likeness (QED) is 0.651. The molecule has 1 aromatic carbocycles. The van der Waals surface area contributed by atoms with E-state index >= 15 is 0 Å². The molecule has 0 atom stereocenters. The van der Waals surface area contributed by atoms with Gasteiger partial charge in [-0.2, -0.15) is 0 Å². The highest BCUT2D eigenvalue weighted by Crippen LogP contribution is 2.28. The predicted octanol–water partition coefficient (Wildman–Crippen LogP) is 3.12. The van der Waals surface area contributed by atoms with Crippen molar-refractivity contribution in [2.24, 2.45) is 0 Å². The van der Waals surface area contributed by atoms with Crippen molar-refractivity contribution in [2.75, 3.05) is 18.0 Å². The standard InChI is InChI=1S/C18H22N4O4/c1-12-13(2)26-17(20-12)11-19-18(23)15-10-14(22(24)25)6-7-16(15)21-8-4-3-5-9-21/h6-7,10H,3-5,8-9,11H2,1-2H3,(H,19,23). The number of aryl methyl sites for hydroxylation is 2. The first-order valence-electron chi connectivity index (χ1n) is 8.70. The summed E-state index contributed by atoms with van der Waals surface area (Å²) in [5, 5.41) is 13.9. The molecule has 0 bridgehead atoms. The van der Waals surface area contributed by atoms with Crippen molar-refractivity contribution in [3.8, 4) is 0 Å². The van der Waals surface area contributed by atoms with Crippen molar-refractivity contribution in [1.29, 1.82) is 0 Å². The number of nitrogens with one attached hydrogen (secondary N) is 1. The van der Waals surface area contributed by atoms with Gasteiger partial charge in [0.25, 0.3) is 11.6 Å². The Morgan fingerprint density at radius 3 is 2.65 bits per heavy atom. The fourth-order valence-corrected chi connectivity index (χ4v) is 3.10. The molecule has 2 aromatic rings. The molecule has 8 nitrogen and oxygen atoms in total. The van der Waals surface area contributed by atoms with E-state index in [-0.39, 0.29) is 18.1 Å². The van der Waals surface area contributed by atoms with Gasteiger partial charge in [-0.15, -0.1) is 0 Å². The van der Waals surface area contributed by atoms with Crippen LogP contribution < -0.4 is 10.2 Å². The number of non-ortho nitro benzene ring substituents is 1. The van der Waals surface area contributed by atoms with E-state index in [0.717, 1.165) is 43.7 Å². The summed E-state index contributed by atoms with van der Waals surface area (Å²) in [6.07, 6.45) is 3.26. The maximum Gasteiger partial charge on any atom is 0.270 e. The van der Waals surface area contributed by atoms with Crippen LogP contribution in [0.1, 0.15) is 47.0 Å². The van der Waals surface area contributed by atoms with Crippen molar-refractivity contribution < 1.29 is 14.1 Å². The number of benzene rings is 1. The average molecular weight is 358 g/mol. The largest absolute Gasteiger partial charge is 0.444 e. The van der Waals surface area contributed by atoms with Crippen molar-refractivity contribution in [1.82, 2.24) is 10.3 Å². The van der Waals surface area contributed by atoms with Gasteiger partial charge < -0.3 is 14.6 Å². The summed E-state index contributed by atoms with van der Waals surface area (Å²) in [4.78, 5) is 29.7. The van der Waals surface area contributed by atoms with Gasteiger partial charge in [0.2, 0.25) is 5.89 Å². The fraction of sp³-hybridized carbons (Fsp3) is 0.444. The minimum absolute atomic E-state index is 0.0984. The highest BCUT2D eigenvalue weighted by Gasteiger charge is 2.22. The molecule has 8 heteroatoms. The molecule has 1 amide bonds. The van der Waals surface area contributed by atoms with Crippen molar-refractivity contribution in [3.05, 3.63) is 51.2 Å². The first-order chi connectivity index (χ1) is 12.5.